The number of rotatable bonds is 11. The maximum absolute atomic E-state index is 11.1. The summed E-state index contributed by atoms with van der Waals surface area (Å²) in [5.41, 5.74) is 0. The van der Waals surface area contributed by atoms with Gasteiger partial charge in [-0.25, -0.2) is 0 Å². The van der Waals surface area contributed by atoms with E-state index in [1.165, 1.54) is 13.3 Å². The van der Waals surface area contributed by atoms with E-state index in [1.807, 2.05) is 13.8 Å². The molecule has 0 aliphatic heterocycles. The summed E-state index contributed by atoms with van der Waals surface area (Å²) in [7, 11) is 0. The lowest BCUT2D eigenvalue weighted by molar-refractivity contribution is -0.146. The number of hydrogen-bond donors (Lipinski definition) is 0. The lowest BCUT2D eigenvalue weighted by Gasteiger charge is -2.11. The second-order valence-corrected chi connectivity index (χ2v) is 4.89. The van der Waals surface area contributed by atoms with Gasteiger partial charge >= 0.3 is 11.9 Å². The molecule has 0 fully saturated rings. The van der Waals surface area contributed by atoms with Crippen LogP contribution in [0.4, 0.5) is 0 Å². The zero-order valence-corrected chi connectivity index (χ0v) is 12.6. The Bertz CT molecular complexity index is 251. The number of ether oxygens (including phenoxy) is 2. The molecule has 0 saturated carbocycles. The van der Waals surface area contributed by atoms with Gasteiger partial charge in [0.05, 0.1) is 12.7 Å². The van der Waals surface area contributed by atoms with Crippen molar-refractivity contribution in [1.82, 2.24) is 0 Å². The van der Waals surface area contributed by atoms with Crippen molar-refractivity contribution in [3.63, 3.8) is 0 Å². The van der Waals surface area contributed by atoms with Gasteiger partial charge in [0.25, 0.3) is 0 Å². The van der Waals surface area contributed by atoms with Gasteiger partial charge in [-0.3, -0.25) is 9.59 Å². The molecule has 0 rings (SSSR count). The average molecular weight is 272 g/mol. The van der Waals surface area contributed by atoms with Gasteiger partial charge in [-0.2, -0.15) is 0 Å². The lowest BCUT2D eigenvalue weighted by Crippen LogP contribution is -2.11. The van der Waals surface area contributed by atoms with Crippen LogP contribution in [0.1, 0.15) is 72.1 Å². The van der Waals surface area contributed by atoms with E-state index in [0.29, 0.717) is 13.0 Å². The number of carbonyl (C=O) groups is 2. The first-order valence-corrected chi connectivity index (χ1v) is 7.39. The van der Waals surface area contributed by atoms with E-state index >= 15 is 0 Å². The Morgan fingerprint density at radius 3 is 2.16 bits per heavy atom. The molecule has 0 spiro atoms. The van der Waals surface area contributed by atoms with Crippen LogP contribution in [-0.2, 0) is 19.1 Å². The van der Waals surface area contributed by atoms with Gasteiger partial charge in [0.1, 0.15) is 0 Å². The van der Waals surface area contributed by atoms with Gasteiger partial charge in [-0.1, -0.05) is 25.7 Å². The first-order chi connectivity index (χ1) is 9.06. The largest absolute Gasteiger partial charge is 0.466 e. The molecule has 4 nitrogen and oxygen atoms in total. The third-order valence-electron chi connectivity index (χ3n) is 2.91. The SMILES string of the molecule is CCOC(=O)CCCCCCCCC(C)OC(C)=O. The molecule has 0 radical (unpaired) electrons. The van der Waals surface area contributed by atoms with Crippen LogP contribution in [0.25, 0.3) is 0 Å². The topological polar surface area (TPSA) is 52.6 Å². The Morgan fingerprint density at radius 1 is 1.00 bits per heavy atom. The van der Waals surface area contributed by atoms with E-state index in [4.69, 9.17) is 9.47 Å². The van der Waals surface area contributed by atoms with Crippen LogP contribution >= 0.6 is 0 Å². The number of esters is 2. The molecule has 0 aliphatic carbocycles. The van der Waals surface area contributed by atoms with Crippen molar-refractivity contribution < 1.29 is 19.1 Å². The van der Waals surface area contributed by atoms with Crippen molar-refractivity contribution >= 4 is 11.9 Å². The zero-order chi connectivity index (χ0) is 14.5. The molecular formula is C15H28O4. The second-order valence-electron chi connectivity index (χ2n) is 4.89. The Balaban J connectivity index is 3.23. The van der Waals surface area contributed by atoms with Crippen LogP contribution in [0.2, 0.25) is 0 Å². The Labute approximate surface area is 116 Å². The molecule has 112 valence electrons. The average Bonchev–Trinajstić information content (AvgIpc) is 2.32. The first kappa shape index (κ1) is 17.9. The van der Waals surface area contributed by atoms with E-state index in [2.05, 4.69) is 0 Å². The van der Waals surface area contributed by atoms with Crippen LogP contribution in [-0.4, -0.2) is 24.6 Å². The van der Waals surface area contributed by atoms with Gasteiger partial charge in [0, 0.05) is 13.3 Å². The van der Waals surface area contributed by atoms with Crippen molar-refractivity contribution in [1.29, 1.82) is 0 Å². The fourth-order valence-electron chi connectivity index (χ4n) is 1.98. The molecule has 0 aliphatic rings. The molecule has 1 unspecified atom stereocenters. The highest BCUT2D eigenvalue weighted by atomic mass is 16.5. The summed E-state index contributed by atoms with van der Waals surface area (Å²) in [6.45, 7) is 5.68. The molecule has 0 aromatic heterocycles. The van der Waals surface area contributed by atoms with Crippen LogP contribution in [0, 0.1) is 0 Å². The van der Waals surface area contributed by atoms with E-state index in [1.54, 1.807) is 0 Å². The highest BCUT2D eigenvalue weighted by molar-refractivity contribution is 5.69. The standard InChI is InChI=1S/C15H28O4/c1-4-18-15(17)12-10-8-6-5-7-9-11-13(2)19-14(3)16/h13H,4-12H2,1-3H3. The maximum Gasteiger partial charge on any atom is 0.305 e. The zero-order valence-electron chi connectivity index (χ0n) is 12.6. The molecule has 0 N–H and O–H groups in total. The molecule has 0 aromatic carbocycles. The lowest BCUT2D eigenvalue weighted by atomic mass is 10.1. The first-order valence-electron chi connectivity index (χ1n) is 7.39. The van der Waals surface area contributed by atoms with Crippen molar-refractivity contribution in [2.45, 2.75) is 78.2 Å². The Kier molecular flexibility index (Phi) is 11.3. The smallest absolute Gasteiger partial charge is 0.305 e. The summed E-state index contributed by atoms with van der Waals surface area (Å²) >= 11 is 0. The van der Waals surface area contributed by atoms with Crippen molar-refractivity contribution in [3.8, 4) is 0 Å². The van der Waals surface area contributed by atoms with Gasteiger partial charge in [-0.05, 0) is 33.1 Å². The third-order valence-corrected chi connectivity index (χ3v) is 2.91. The number of carbonyl (C=O) groups excluding carboxylic acids is 2. The maximum atomic E-state index is 11.1. The van der Waals surface area contributed by atoms with Crippen molar-refractivity contribution in [2.75, 3.05) is 6.61 Å². The minimum Gasteiger partial charge on any atom is -0.466 e. The van der Waals surface area contributed by atoms with E-state index in [9.17, 15) is 9.59 Å². The Morgan fingerprint density at radius 2 is 1.58 bits per heavy atom. The molecule has 19 heavy (non-hydrogen) atoms. The normalized spacial score (nSPS) is 11.9. The monoisotopic (exact) mass is 272 g/mol. The summed E-state index contributed by atoms with van der Waals surface area (Å²) in [4.78, 5) is 21.8. The quantitative estimate of drug-likeness (QED) is 0.426. The van der Waals surface area contributed by atoms with E-state index in [-0.39, 0.29) is 18.0 Å². The third kappa shape index (κ3) is 13.2. The van der Waals surface area contributed by atoms with E-state index in [0.717, 1.165) is 38.5 Å². The second kappa shape index (κ2) is 12.0. The summed E-state index contributed by atoms with van der Waals surface area (Å²) in [6, 6.07) is 0. The van der Waals surface area contributed by atoms with Crippen LogP contribution in [0.5, 0.6) is 0 Å². The summed E-state index contributed by atoms with van der Waals surface area (Å²) < 4.78 is 9.92. The summed E-state index contributed by atoms with van der Waals surface area (Å²) in [6.07, 6.45) is 8.08. The van der Waals surface area contributed by atoms with Crippen LogP contribution < -0.4 is 0 Å². The molecule has 1 atom stereocenters. The molecule has 0 aromatic rings. The molecule has 0 amide bonds. The number of unbranched alkanes of at least 4 members (excludes halogenated alkanes) is 5. The highest BCUT2D eigenvalue weighted by Gasteiger charge is 2.04. The Hall–Kier alpha value is -1.06. The fourth-order valence-corrected chi connectivity index (χ4v) is 1.98. The predicted molar refractivity (Wildman–Crippen MR) is 74.8 cm³/mol. The fraction of sp³-hybridized carbons (Fsp3) is 0.867. The van der Waals surface area contributed by atoms with Gasteiger partial charge in [0.15, 0.2) is 0 Å². The number of hydrogen-bond acceptors (Lipinski definition) is 4. The van der Waals surface area contributed by atoms with Gasteiger partial charge < -0.3 is 9.47 Å². The minimum absolute atomic E-state index is 0.0290. The van der Waals surface area contributed by atoms with Crippen molar-refractivity contribution in [3.05, 3.63) is 0 Å². The van der Waals surface area contributed by atoms with Crippen LogP contribution in [0.15, 0.2) is 0 Å². The highest BCUT2D eigenvalue weighted by Crippen LogP contribution is 2.11. The van der Waals surface area contributed by atoms with Gasteiger partial charge in [0.2, 0.25) is 0 Å². The van der Waals surface area contributed by atoms with Gasteiger partial charge in [-0.15, -0.1) is 0 Å². The molecule has 4 heteroatoms. The summed E-state index contributed by atoms with van der Waals surface area (Å²) in [5, 5.41) is 0. The minimum atomic E-state index is -0.202. The summed E-state index contributed by atoms with van der Waals surface area (Å²) in [5.74, 6) is -0.288. The molecule has 0 bridgehead atoms. The van der Waals surface area contributed by atoms with Crippen LogP contribution in [0.3, 0.4) is 0 Å². The molecule has 0 heterocycles. The predicted octanol–water partition coefficient (Wildman–Crippen LogP) is 3.62. The molecular weight excluding hydrogens is 244 g/mol. The van der Waals surface area contributed by atoms with Crippen molar-refractivity contribution in [2.24, 2.45) is 0 Å². The molecule has 0 saturated heterocycles. The van der Waals surface area contributed by atoms with E-state index < -0.39 is 0 Å².